The van der Waals surface area contributed by atoms with Crippen molar-refractivity contribution in [1.29, 1.82) is 0 Å². The Kier molecular flexibility index (Phi) is 8.20. The molecule has 4 rings (SSSR count). The largest absolute Gasteiger partial charge is 0.481 e. The third-order valence-electron chi connectivity index (χ3n) is 5.84. The van der Waals surface area contributed by atoms with Crippen molar-refractivity contribution in [2.75, 3.05) is 11.9 Å². The Labute approximate surface area is 228 Å². The number of carbonyl (C=O) groups is 4. The van der Waals surface area contributed by atoms with Gasteiger partial charge in [-0.15, -0.1) is 0 Å². The number of nitrogens with zero attached hydrogens (tertiary/aromatic N) is 3. The van der Waals surface area contributed by atoms with Crippen LogP contribution in [0.1, 0.15) is 12.5 Å². The third kappa shape index (κ3) is 6.76. The molecule has 0 saturated carbocycles. The number of hydrogen-bond acceptors (Lipinski definition) is 8. The van der Waals surface area contributed by atoms with E-state index in [0.717, 1.165) is 10.5 Å². The smallest absolute Gasteiger partial charge is 0.331 e. The minimum Gasteiger partial charge on any atom is -0.481 e. The lowest BCUT2D eigenvalue weighted by Gasteiger charge is -2.41. The number of ether oxygens (including phenoxy) is 1. The molecule has 0 aromatic heterocycles. The number of rotatable bonds is 10. The number of primary amides is 1. The Balaban J connectivity index is 1.47. The summed E-state index contributed by atoms with van der Waals surface area (Å²) in [5, 5.41) is 18.5. The van der Waals surface area contributed by atoms with E-state index in [0.29, 0.717) is 16.5 Å². The Morgan fingerprint density at radius 1 is 1.18 bits per heavy atom. The number of nitrogens with one attached hydrogen (secondary N) is 3. The zero-order valence-electron chi connectivity index (χ0n) is 20.7. The van der Waals surface area contributed by atoms with Crippen LogP contribution in [0.15, 0.2) is 65.4 Å². The number of aliphatic imine (C=N–C) groups is 1. The summed E-state index contributed by atoms with van der Waals surface area (Å²) in [5.74, 6) is -2.25. The summed E-state index contributed by atoms with van der Waals surface area (Å²) >= 11 is 5.99. The highest BCUT2D eigenvalue weighted by atomic mass is 35.5. The van der Waals surface area contributed by atoms with E-state index >= 15 is 0 Å². The molecule has 0 bridgehead atoms. The maximum absolute atomic E-state index is 13.4. The summed E-state index contributed by atoms with van der Waals surface area (Å²) in [5.41, 5.74) is 6.58. The predicted octanol–water partition coefficient (Wildman–Crippen LogP) is 2.11. The molecular weight excluding hydrogens is 530 g/mol. The lowest BCUT2D eigenvalue weighted by molar-refractivity contribution is -0.141. The summed E-state index contributed by atoms with van der Waals surface area (Å²) in [7, 11) is 0. The van der Waals surface area contributed by atoms with E-state index in [9.17, 15) is 24.3 Å². The van der Waals surface area contributed by atoms with E-state index in [2.05, 4.69) is 20.9 Å². The molecule has 0 spiro atoms. The van der Waals surface area contributed by atoms with Gasteiger partial charge in [0.15, 0.2) is 6.29 Å². The average Bonchev–Trinajstić information content (AvgIpc) is 2.91. The second kappa shape index (κ2) is 11.7. The van der Waals surface area contributed by atoms with Crippen LogP contribution >= 0.6 is 11.6 Å². The summed E-state index contributed by atoms with van der Waals surface area (Å²) in [6, 6.07) is 12.2. The number of aliphatic carboxylic acids is 1. The number of halogens is 1. The summed E-state index contributed by atoms with van der Waals surface area (Å²) in [6.45, 7) is 1.24. The minimum absolute atomic E-state index is 0.0811. The molecule has 14 heteroatoms. The number of benzene rings is 2. The maximum Gasteiger partial charge on any atom is 0.331 e. The molecule has 2 unspecified atom stereocenters. The summed E-state index contributed by atoms with van der Waals surface area (Å²) < 4.78 is 5.76. The number of carbonyl (C=O) groups excluding carboxylic acids is 3. The molecule has 204 valence electrons. The van der Waals surface area contributed by atoms with Crippen molar-refractivity contribution in [3.63, 3.8) is 0 Å². The van der Waals surface area contributed by atoms with Crippen LogP contribution in [0.3, 0.4) is 0 Å². The van der Waals surface area contributed by atoms with Crippen molar-refractivity contribution in [2.24, 2.45) is 16.6 Å². The van der Waals surface area contributed by atoms with Crippen molar-refractivity contribution in [3.8, 4) is 5.75 Å². The molecule has 2 heterocycles. The third-order valence-corrected chi connectivity index (χ3v) is 6.10. The number of hydrogen-bond donors (Lipinski definition) is 5. The Hall–Kier alpha value is -4.78. The van der Waals surface area contributed by atoms with Crippen LogP contribution in [0.2, 0.25) is 5.02 Å². The fourth-order valence-corrected chi connectivity index (χ4v) is 3.85. The first-order valence-corrected chi connectivity index (χ1v) is 12.2. The highest BCUT2D eigenvalue weighted by molar-refractivity contribution is 6.30. The number of amides is 5. The normalized spacial score (nSPS) is 19.5. The van der Waals surface area contributed by atoms with Crippen molar-refractivity contribution in [1.82, 2.24) is 20.4 Å². The Morgan fingerprint density at radius 2 is 1.87 bits per heavy atom. The molecule has 6 N–H and O–H groups in total. The number of nitrogens with two attached hydrogens (primary N) is 1. The second-order valence-corrected chi connectivity index (χ2v) is 9.22. The van der Waals surface area contributed by atoms with Gasteiger partial charge in [0.25, 0.3) is 5.91 Å². The molecule has 2 aliphatic heterocycles. The van der Waals surface area contributed by atoms with E-state index in [1.807, 2.05) is 0 Å². The molecule has 2 aromatic carbocycles. The average molecular weight is 556 g/mol. The van der Waals surface area contributed by atoms with Crippen molar-refractivity contribution < 1.29 is 29.0 Å². The van der Waals surface area contributed by atoms with Crippen molar-refractivity contribution >= 4 is 47.4 Å². The molecule has 1 saturated heterocycles. The molecule has 3 atom stereocenters. The number of carboxylic acid groups (broad SMARTS) is 1. The van der Waals surface area contributed by atoms with Crippen molar-refractivity contribution in [2.45, 2.75) is 26.0 Å². The molecule has 39 heavy (non-hydrogen) atoms. The van der Waals surface area contributed by atoms with Crippen molar-refractivity contribution in [3.05, 3.63) is 71.0 Å². The SMILES string of the molecule is C[C@@H](CN1C(=O)NC(Nc2ccc(OC3C=NC(C(N)=O)=CN3)cc2)N(Cc2ccc(Cl)cc2)C1=O)C(=O)O. The van der Waals surface area contributed by atoms with Gasteiger partial charge in [-0.25, -0.2) is 19.5 Å². The quantitative estimate of drug-likeness (QED) is 0.296. The van der Waals surface area contributed by atoms with Gasteiger partial charge in [-0.1, -0.05) is 30.7 Å². The fraction of sp³-hybridized carbons (Fsp3) is 0.240. The van der Waals surface area contributed by atoms with Gasteiger partial charge in [-0.3, -0.25) is 19.8 Å². The van der Waals surface area contributed by atoms with Gasteiger partial charge >= 0.3 is 18.0 Å². The summed E-state index contributed by atoms with van der Waals surface area (Å²) in [4.78, 5) is 54.9. The molecule has 2 aromatic rings. The summed E-state index contributed by atoms with van der Waals surface area (Å²) in [6.07, 6.45) is 1.22. The molecule has 1 fully saturated rings. The van der Waals surface area contributed by atoms with Gasteiger partial charge in [0.2, 0.25) is 6.23 Å². The van der Waals surface area contributed by atoms with E-state index in [1.54, 1.807) is 48.5 Å². The van der Waals surface area contributed by atoms with Crippen LogP contribution in [0.4, 0.5) is 15.3 Å². The monoisotopic (exact) mass is 555 g/mol. The topological polar surface area (TPSA) is 179 Å². The zero-order valence-corrected chi connectivity index (χ0v) is 21.5. The van der Waals surface area contributed by atoms with Crippen LogP contribution in [0.5, 0.6) is 5.75 Å². The van der Waals surface area contributed by atoms with Gasteiger partial charge in [0.1, 0.15) is 11.4 Å². The van der Waals surface area contributed by atoms with Crippen LogP contribution in [-0.2, 0) is 16.1 Å². The molecule has 0 radical (unpaired) electrons. The van der Waals surface area contributed by atoms with Gasteiger partial charge in [0.05, 0.1) is 18.7 Å². The minimum atomic E-state index is -1.12. The maximum atomic E-state index is 13.4. The number of imide groups is 1. The molecule has 2 aliphatic rings. The van der Waals surface area contributed by atoms with Gasteiger partial charge in [0, 0.05) is 23.5 Å². The molecular formula is C25H26ClN7O6. The predicted molar refractivity (Wildman–Crippen MR) is 142 cm³/mol. The van der Waals surface area contributed by atoms with E-state index in [1.165, 1.54) is 24.2 Å². The molecule has 13 nitrogen and oxygen atoms in total. The Bertz CT molecular complexity index is 1320. The van der Waals surface area contributed by atoms with Crippen LogP contribution in [0.25, 0.3) is 0 Å². The first kappa shape index (κ1) is 27.3. The number of carboxylic acids is 1. The lowest BCUT2D eigenvalue weighted by atomic mass is 10.1. The zero-order chi connectivity index (χ0) is 28.1. The lowest BCUT2D eigenvalue weighted by Crippen LogP contribution is -2.67. The van der Waals surface area contributed by atoms with Crippen LogP contribution < -0.4 is 26.4 Å². The second-order valence-electron chi connectivity index (χ2n) is 8.78. The number of urea groups is 2. The fourth-order valence-electron chi connectivity index (χ4n) is 3.72. The van der Waals surface area contributed by atoms with Crippen LogP contribution in [-0.4, -0.2) is 64.1 Å². The van der Waals surface area contributed by atoms with Gasteiger partial charge < -0.3 is 26.2 Å². The van der Waals surface area contributed by atoms with Gasteiger partial charge in [-0.2, -0.15) is 0 Å². The first-order chi connectivity index (χ1) is 18.6. The Morgan fingerprint density at radius 3 is 2.46 bits per heavy atom. The van der Waals surface area contributed by atoms with Crippen LogP contribution in [0, 0.1) is 5.92 Å². The van der Waals surface area contributed by atoms with E-state index in [4.69, 9.17) is 22.1 Å². The highest BCUT2D eigenvalue weighted by Gasteiger charge is 2.39. The standard InChI is InChI=1S/C25H26ClN7O6/c1-14(22(35)36)12-33-24(37)31-23(32(25(33)38)13-15-2-4-16(26)5-3-15)30-17-6-8-18(9-7-17)39-20-11-28-19(10-29-20)21(27)34/h2-11,14,20,23,29-30H,12-13H2,1H3,(H2,27,34)(H,31,37)(H,35,36)/t14-,20?,23?/m0/s1. The molecule has 0 aliphatic carbocycles. The van der Waals surface area contributed by atoms with E-state index < -0.39 is 42.4 Å². The first-order valence-electron chi connectivity index (χ1n) is 11.8. The molecule has 5 amide bonds. The highest BCUT2D eigenvalue weighted by Crippen LogP contribution is 2.22. The number of anilines is 1. The van der Waals surface area contributed by atoms with Gasteiger partial charge in [-0.05, 0) is 42.0 Å². The van der Waals surface area contributed by atoms with E-state index in [-0.39, 0.29) is 18.8 Å².